The van der Waals surface area contributed by atoms with Crippen molar-refractivity contribution in [2.24, 2.45) is 0 Å². The molecule has 0 bridgehead atoms. The molecule has 0 amide bonds. The first-order chi connectivity index (χ1) is 5.66. The maximum atomic E-state index is 10.5. The lowest BCUT2D eigenvalue weighted by atomic mass is 10.1. The van der Waals surface area contributed by atoms with Crippen molar-refractivity contribution in [2.75, 3.05) is 0 Å². The van der Waals surface area contributed by atoms with Crippen LogP contribution in [0.5, 0.6) is 0 Å². The summed E-state index contributed by atoms with van der Waals surface area (Å²) in [6.45, 7) is 0. The van der Waals surface area contributed by atoms with Crippen molar-refractivity contribution in [3.63, 3.8) is 0 Å². The van der Waals surface area contributed by atoms with Crippen LogP contribution >= 0.6 is 11.6 Å². The van der Waals surface area contributed by atoms with Gasteiger partial charge >= 0.3 is 5.97 Å². The van der Waals surface area contributed by atoms with Crippen molar-refractivity contribution in [1.29, 1.82) is 5.26 Å². The average molecular weight is 183 g/mol. The van der Waals surface area contributed by atoms with E-state index < -0.39 is 5.97 Å². The molecule has 0 aliphatic rings. The smallest absolute Gasteiger partial charge is 0.338 e. The fraction of sp³-hybridized carbons (Fsp3) is 0. The van der Waals surface area contributed by atoms with E-state index in [0.29, 0.717) is 0 Å². The molecule has 0 spiro atoms. The van der Waals surface area contributed by atoms with Gasteiger partial charge in [0.15, 0.2) is 0 Å². The van der Waals surface area contributed by atoms with Gasteiger partial charge in [-0.2, -0.15) is 5.26 Å². The van der Waals surface area contributed by atoms with E-state index in [0.717, 1.165) is 6.20 Å². The summed E-state index contributed by atoms with van der Waals surface area (Å²) in [6.07, 6.45) is 2.32. The summed E-state index contributed by atoms with van der Waals surface area (Å²) in [7, 11) is 0. The van der Waals surface area contributed by atoms with Gasteiger partial charge in [-0.05, 0) is 0 Å². The Balaban J connectivity index is 3.40. The van der Waals surface area contributed by atoms with Gasteiger partial charge in [-0.25, -0.2) is 4.79 Å². The molecule has 1 aromatic rings. The Hall–Kier alpha value is -1.60. The number of nitrogens with zero attached hydrogens (tertiary/aromatic N) is 2. The first-order valence-corrected chi connectivity index (χ1v) is 3.31. The molecule has 0 fully saturated rings. The van der Waals surface area contributed by atoms with E-state index in [4.69, 9.17) is 22.0 Å². The molecule has 0 aliphatic carbocycles. The highest BCUT2D eigenvalue weighted by Gasteiger charge is 2.12. The van der Waals surface area contributed by atoms with Crippen LogP contribution in [0.1, 0.15) is 15.9 Å². The third-order valence-corrected chi connectivity index (χ3v) is 1.53. The maximum absolute atomic E-state index is 10.5. The van der Waals surface area contributed by atoms with Crippen LogP contribution in [-0.4, -0.2) is 16.1 Å². The van der Waals surface area contributed by atoms with Crippen LogP contribution in [0.2, 0.25) is 5.02 Å². The summed E-state index contributed by atoms with van der Waals surface area (Å²) in [4.78, 5) is 14.0. The molecule has 1 heterocycles. The predicted molar refractivity (Wildman–Crippen MR) is 40.9 cm³/mol. The standard InChI is InChI=1S/C7H3ClN2O2/c8-6-3-10-2-5(7(11)12)4(6)1-9/h2-3H,(H,11,12). The number of halogens is 1. The number of pyridine rings is 1. The van der Waals surface area contributed by atoms with Crippen molar-refractivity contribution in [3.8, 4) is 6.07 Å². The lowest BCUT2D eigenvalue weighted by molar-refractivity contribution is 0.0696. The molecule has 1 rings (SSSR count). The van der Waals surface area contributed by atoms with Gasteiger partial charge < -0.3 is 5.11 Å². The first kappa shape index (κ1) is 8.50. The topological polar surface area (TPSA) is 74.0 Å². The second-order valence-corrected chi connectivity index (χ2v) is 2.37. The molecule has 0 aliphatic heterocycles. The van der Waals surface area contributed by atoms with E-state index in [2.05, 4.69) is 4.98 Å². The zero-order chi connectivity index (χ0) is 9.14. The molecular formula is C7H3ClN2O2. The summed E-state index contributed by atoms with van der Waals surface area (Å²) in [5.74, 6) is -1.21. The number of carboxylic acid groups (broad SMARTS) is 1. The average Bonchev–Trinajstić information content (AvgIpc) is 2.03. The zero-order valence-corrected chi connectivity index (χ0v) is 6.54. The van der Waals surface area contributed by atoms with Gasteiger partial charge in [0.2, 0.25) is 0 Å². The SMILES string of the molecule is N#Cc1c(Cl)cncc1C(=O)O. The highest BCUT2D eigenvalue weighted by molar-refractivity contribution is 6.32. The van der Waals surface area contributed by atoms with Gasteiger partial charge in [-0.15, -0.1) is 0 Å². The van der Waals surface area contributed by atoms with E-state index in [1.807, 2.05) is 0 Å². The van der Waals surface area contributed by atoms with Gasteiger partial charge in [-0.1, -0.05) is 11.6 Å². The Bertz CT molecular complexity index is 370. The van der Waals surface area contributed by atoms with Crippen LogP contribution in [0, 0.1) is 11.3 Å². The molecule has 60 valence electrons. The summed E-state index contributed by atoms with van der Waals surface area (Å²) in [5.41, 5.74) is -0.232. The first-order valence-electron chi connectivity index (χ1n) is 2.93. The van der Waals surface area contributed by atoms with E-state index in [9.17, 15) is 4.79 Å². The third-order valence-electron chi connectivity index (χ3n) is 1.24. The number of nitriles is 1. The van der Waals surface area contributed by atoms with Crippen molar-refractivity contribution in [2.45, 2.75) is 0 Å². The molecule has 0 aromatic carbocycles. The van der Waals surface area contributed by atoms with E-state index in [-0.39, 0.29) is 16.1 Å². The van der Waals surface area contributed by atoms with Gasteiger partial charge in [0.1, 0.15) is 6.07 Å². The zero-order valence-electron chi connectivity index (χ0n) is 5.78. The highest BCUT2D eigenvalue weighted by atomic mass is 35.5. The molecule has 1 aromatic heterocycles. The molecule has 0 saturated heterocycles. The van der Waals surface area contributed by atoms with E-state index in [1.165, 1.54) is 6.20 Å². The minimum atomic E-state index is -1.21. The van der Waals surface area contributed by atoms with Crippen molar-refractivity contribution in [1.82, 2.24) is 4.98 Å². The lowest BCUT2D eigenvalue weighted by Crippen LogP contribution is -2.01. The molecular weight excluding hydrogens is 180 g/mol. The van der Waals surface area contributed by atoms with Crippen LogP contribution < -0.4 is 0 Å². The maximum Gasteiger partial charge on any atom is 0.338 e. The molecule has 1 N–H and O–H groups in total. The Kier molecular flexibility index (Phi) is 2.26. The van der Waals surface area contributed by atoms with Gasteiger partial charge in [0.05, 0.1) is 16.1 Å². The monoisotopic (exact) mass is 182 g/mol. The number of aromatic carboxylic acids is 1. The van der Waals surface area contributed by atoms with Crippen LogP contribution in [0.15, 0.2) is 12.4 Å². The minimum absolute atomic E-state index is 0.0531. The minimum Gasteiger partial charge on any atom is -0.478 e. The van der Waals surface area contributed by atoms with Crippen molar-refractivity contribution < 1.29 is 9.90 Å². The summed E-state index contributed by atoms with van der Waals surface area (Å²) < 4.78 is 0. The fourth-order valence-electron chi connectivity index (χ4n) is 0.711. The van der Waals surface area contributed by atoms with Crippen LogP contribution in [0.4, 0.5) is 0 Å². The number of rotatable bonds is 1. The molecule has 5 heteroatoms. The second kappa shape index (κ2) is 3.20. The summed E-state index contributed by atoms with van der Waals surface area (Å²) in [6, 6.07) is 1.69. The summed E-state index contributed by atoms with van der Waals surface area (Å²) >= 11 is 5.53. The van der Waals surface area contributed by atoms with Gasteiger partial charge in [0, 0.05) is 12.4 Å². The molecule has 0 atom stereocenters. The Labute approximate surface area is 73.0 Å². The quantitative estimate of drug-likeness (QED) is 0.711. The fourth-order valence-corrected chi connectivity index (χ4v) is 0.911. The number of hydrogen-bond donors (Lipinski definition) is 1. The van der Waals surface area contributed by atoms with Crippen molar-refractivity contribution >= 4 is 17.6 Å². The molecule has 12 heavy (non-hydrogen) atoms. The third kappa shape index (κ3) is 1.36. The predicted octanol–water partition coefficient (Wildman–Crippen LogP) is 1.30. The lowest BCUT2D eigenvalue weighted by Gasteiger charge is -1.97. The summed E-state index contributed by atoms with van der Waals surface area (Å²) in [5, 5.41) is 17.1. The van der Waals surface area contributed by atoms with Crippen LogP contribution in [0.25, 0.3) is 0 Å². The normalized spacial score (nSPS) is 9.00. The van der Waals surface area contributed by atoms with E-state index >= 15 is 0 Å². The van der Waals surface area contributed by atoms with E-state index in [1.54, 1.807) is 6.07 Å². The van der Waals surface area contributed by atoms with Crippen LogP contribution in [0.3, 0.4) is 0 Å². The molecule has 0 radical (unpaired) electrons. The molecule has 4 nitrogen and oxygen atoms in total. The number of aromatic nitrogens is 1. The van der Waals surface area contributed by atoms with Gasteiger partial charge in [-0.3, -0.25) is 4.98 Å². The largest absolute Gasteiger partial charge is 0.478 e. The van der Waals surface area contributed by atoms with Crippen LogP contribution in [-0.2, 0) is 0 Å². The number of hydrogen-bond acceptors (Lipinski definition) is 3. The molecule has 0 saturated carbocycles. The Morgan fingerprint density at radius 3 is 2.75 bits per heavy atom. The Morgan fingerprint density at radius 2 is 2.33 bits per heavy atom. The highest BCUT2D eigenvalue weighted by Crippen LogP contribution is 2.16. The Morgan fingerprint density at radius 1 is 1.67 bits per heavy atom. The second-order valence-electron chi connectivity index (χ2n) is 1.96. The van der Waals surface area contributed by atoms with Gasteiger partial charge in [0.25, 0.3) is 0 Å². The molecule has 0 unspecified atom stereocenters. The number of carbonyl (C=O) groups is 1. The number of carboxylic acids is 1. The van der Waals surface area contributed by atoms with Crippen molar-refractivity contribution in [3.05, 3.63) is 28.5 Å².